The topological polar surface area (TPSA) is 72.5 Å². The van der Waals surface area contributed by atoms with Crippen LogP contribution in [0.5, 0.6) is 5.75 Å². The number of methoxy groups -OCH3 is 1. The van der Waals surface area contributed by atoms with Crippen molar-refractivity contribution in [1.82, 2.24) is 0 Å². The highest BCUT2D eigenvalue weighted by atomic mass is 35.5. The standard InChI is InChI=1S/C12H16ClNO3/c1-17-12(16)5-3-10(14)7-8-6-9(13)2-4-11(8)15/h2,4,6,10,15H,3,5,7,14H2,1H3. The fourth-order valence-corrected chi connectivity index (χ4v) is 1.70. The van der Waals surface area contributed by atoms with Gasteiger partial charge in [-0.1, -0.05) is 11.6 Å². The number of esters is 1. The molecule has 1 atom stereocenters. The smallest absolute Gasteiger partial charge is 0.305 e. The summed E-state index contributed by atoms with van der Waals surface area (Å²) in [6.45, 7) is 0. The van der Waals surface area contributed by atoms with Gasteiger partial charge in [0.1, 0.15) is 5.75 Å². The second-order valence-electron chi connectivity index (χ2n) is 3.85. The third-order valence-corrected chi connectivity index (χ3v) is 2.71. The fourth-order valence-electron chi connectivity index (χ4n) is 1.51. The summed E-state index contributed by atoms with van der Waals surface area (Å²) in [7, 11) is 1.34. The van der Waals surface area contributed by atoms with Gasteiger partial charge < -0.3 is 15.6 Å². The normalized spacial score (nSPS) is 12.2. The van der Waals surface area contributed by atoms with Crippen LogP contribution in [0.15, 0.2) is 18.2 Å². The number of hydrogen-bond donors (Lipinski definition) is 2. The number of benzene rings is 1. The molecule has 0 aliphatic heterocycles. The zero-order chi connectivity index (χ0) is 12.8. The Bertz CT molecular complexity index is 395. The Balaban J connectivity index is 2.52. The quantitative estimate of drug-likeness (QED) is 0.790. The maximum absolute atomic E-state index is 10.9. The molecule has 0 aromatic heterocycles. The molecule has 4 nitrogen and oxygen atoms in total. The number of phenolic OH excluding ortho intramolecular Hbond substituents is 1. The SMILES string of the molecule is COC(=O)CCC(N)Cc1cc(Cl)ccc1O. The van der Waals surface area contributed by atoms with Crippen LogP contribution in [0.25, 0.3) is 0 Å². The minimum atomic E-state index is -0.282. The third-order valence-electron chi connectivity index (χ3n) is 2.47. The molecule has 0 spiro atoms. The van der Waals surface area contributed by atoms with Gasteiger partial charge >= 0.3 is 5.97 Å². The van der Waals surface area contributed by atoms with E-state index in [2.05, 4.69) is 4.74 Å². The number of halogens is 1. The number of rotatable bonds is 5. The Morgan fingerprint density at radius 1 is 1.59 bits per heavy atom. The molecule has 17 heavy (non-hydrogen) atoms. The average Bonchev–Trinajstić information content (AvgIpc) is 2.30. The van der Waals surface area contributed by atoms with Crippen LogP contribution in [-0.2, 0) is 16.0 Å². The molecule has 0 saturated heterocycles. The van der Waals surface area contributed by atoms with Crippen LogP contribution in [-0.4, -0.2) is 24.2 Å². The first-order chi connectivity index (χ1) is 8.02. The lowest BCUT2D eigenvalue weighted by Crippen LogP contribution is -2.24. The number of carbonyl (C=O) groups excluding carboxylic acids is 1. The first-order valence-electron chi connectivity index (χ1n) is 5.32. The maximum atomic E-state index is 10.9. The van der Waals surface area contributed by atoms with Crippen molar-refractivity contribution in [3.05, 3.63) is 28.8 Å². The van der Waals surface area contributed by atoms with Gasteiger partial charge in [-0.2, -0.15) is 0 Å². The second-order valence-corrected chi connectivity index (χ2v) is 4.29. The number of phenols is 1. The molecular weight excluding hydrogens is 242 g/mol. The lowest BCUT2D eigenvalue weighted by atomic mass is 10.0. The van der Waals surface area contributed by atoms with Crippen molar-refractivity contribution in [2.75, 3.05) is 7.11 Å². The van der Waals surface area contributed by atoms with Gasteiger partial charge in [0.25, 0.3) is 0 Å². The van der Waals surface area contributed by atoms with Gasteiger partial charge in [-0.05, 0) is 36.6 Å². The summed E-state index contributed by atoms with van der Waals surface area (Å²) < 4.78 is 4.53. The van der Waals surface area contributed by atoms with E-state index in [4.69, 9.17) is 17.3 Å². The number of nitrogens with two attached hydrogens (primary N) is 1. The molecule has 0 fully saturated rings. The van der Waals surface area contributed by atoms with E-state index in [1.807, 2.05) is 0 Å². The highest BCUT2D eigenvalue weighted by Crippen LogP contribution is 2.23. The van der Waals surface area contributed by atoms with Crippen molar-refractivity contribution in [2.24, 2.45) is 5.73 Å². The second kappa shape index (κ2) is 6.47. The van der Waals surface area contributed by atoms with E-state index in [1.54, 1.807) is 12.1 Å². The Hall–Kier alpha value is -1.26. The molecule has 0 amide bonds. The number of hydrogen-bond acceptors (Lipinski definition) is 4. The van der Waals surface area contributed by atoms with Crippen molar-refractivity contribution < 1.29 is 14.6 Å². The molecule has 0 bridgehead atoms. The first-order valence-corrected chi connectivity index (χ1v) is 5.70. The van der Waals surface area contributed by atoms with Gasteiger partial charge in [-0.3, -0.25) is 4.79 Å². The van der Waals surface area contributed by atoms with E-state index >= 15 is 0 Å². The molecule has 1 unspecified atom stereocenters. The summed E-state index contributed by atoms with van der Waals surface area (Å²) in [6, 6.07) is 4.61. The maximum Gasteiger partial charge on any atom is 0.305 e. The van der Waals surface area contributed by atoms with E-state index in [1.165, 1.54) is 13.2 Å². The van der Waals surface area contributed by atoms with Crippen molar-refractivity contribution in [3.8, 4) is 5.75 Å². The van der Waals surface area contributed by atoms with Gasteiger partial charge in [0, 0.05) is 17.5 Å². The highest BCUT2D eigenvalue weighted by molar-refractivity contribution is 6.30. The largest absolute Gasteiger partial charge is 0.508 e. The van der Waals surface area contributed by atoms with E-state index in [-0.39, 0.29) is 24.2 Å². The van der Waals surface area contributed by atoms with Gasteiger partial charge in [-0.25, -0.2) is 0 Å². The van der Waals surface area contributed by atoms with Crippen LogP contribution >= 0.6 is 11.6 Å². The summed E-state index contributed by atoms with van der Waals surface area (Å²) >= 11 is 5.82. The zero-order valence-corrected chi connectivity index (χ0v) is 10.4. The van der Waals surface area contributed by atoms with E-state index in [9.17, 15) is 9.90 Å². The third kappa shape index (κ3) is 4.63. The fraction of sp³-hybridized carbons (Fsp3) is 0.417. The first kappa shape index (κ1) is 13.8. The van der Waals surface area contributed by atoms with Crippen LogP contribution in [0.4, 0.5) is 0 Å². The van der Waals surface area contributed by atoms with E-state index in [0.717, 1.165) is 0 Å². The summed E-state index contributed by atoms with van der Waals surface area (Å²) in [5.41, 5.74) is 6.56. The van der Waals surface area contributed by atoms with Gasteiger partial charge in [0.2, 0.25) is 0 Å². The molecule has 1 aromatic rings. The highest BCUT2D eigenvalue weighted by Gasteiger charge is 2.10. The summed E-state index contributed by atoms with van der Waals surface area (Å²) in [5.74, 6) is -0.112. The molecule has 0 aliphatic carbocycles. The van der Waals surface area contributed by atoms with Crippen LogP contribution in [0, 0.1) is 0 Å². The van der Waals surface area contributed by atoms with Crippen molar-refractivity contribution in [3.63, 3.8) is 0 Å². The van der Waals surface area contributed by atoms with Gasteiger partial charge in [0.15, 0.2) is 0 Å². The Morgan fingerprint density at radius 2 is 2.29 bits per heavy atom. The molecule has 3 N–H and O–H groups in total. The monoisotopic (exact) mass is 257 g/mol. The minimum Gasteiger partial charge on any atom is -0.508 e. The van der Waals surface area contributed by atoms with E-state index in [0.29, 0.717) is 23.4 Å². The molecule has 5 heteroatoms. The molecule has 1 rings (SSSR count). The average molecular weight is 258 g/mol. The predicted octanol–water partition coefficient (Wildman–Crippen LogP) is 1.87. The molecule has 1 aromatic carbocycles. The lowest BCUT2D eigenvalue weighted by Gasteiger charge is -2.12. The predicted molar refractivity (Wildman–Crippen MR) is 66.0 cm³/mol. The molecule has 0 saturated carbocycles. The number of aromatic hydroxyl groups is 1. The summed E-state index contributed by atoms with van der Waals surface area (Å²) in [5, 5.41) is 10.2. The minimum absolute atomic E-state index is 0.169. The van der Waals surface area contributed by atoms with Gasteiger partial charge in [-0.15, -0.1) is 0 Å². The lowest BCUT2D eigenvalue weighted by molar-refractivity contribution is -0.140. The van der Waals surface area contributed by atoms with Crippen LogP contribution in [0.3, 0.4) is 0 Å². The van der Waals surface area contributed by atoms with Crippen LogP contribution in [0.2, 0.25) is 5.02 Å². The summed E-state index contributed by atoms with van der Waals surface area (Å²) in [4.78, 5) is 10.9. The summed E-state index contributed by atoms with van der Waals surface area (Å²) in [6.07, 6.45) is 1.26. The zero-order valence-electron chi connectivity index (χ0n) is 9.65. The Morgan fingerprint density at radius 3 is 2.94 bits per heavy atom. The van der Waals surface area contributed by atoms with Crippen LogP contribution < -0.4 is 5.73 Å². The molecular formula is C12H16ClNO3. The Kier molecular flexibility index (Phi) is 5.25. The Labute approximate surface area is 105 Å². The molecule has 0 radical (unpaired) electrons. The van der Waals surface area contributed by atoms with Gasteiger partial charge in [0.05, 0.1) is 7.11 Å². The molecule has 94 valence electrons. The number of ether oxygens (including phenoxy) is 1. The van der Waals surface area contributed by atoms with E-state index < -0.39 is 0 Å². The van der Waals surface area contributed by atoms with Crippen molar-refractivity contribution >= 4 is 17.6 Å². The van der Waals surface area contributed by atoms with Crippen molar-refractivity contribution in [2.45, 2.75) is 25.3 Å². The number of carbonyl (C=O) groups is 1. The molecule has 0 heterocycles. The van der Waals surface area contributed by atoms with Crippen molar-refractivity contribution in [1.29, 1.82) is 0 Å². The molecule has 0 aliphatic rings. The van der Waals surface area contributed by atoms with Crippen LogP contribution in [0.1, 0.15) is 18.4 Å².